The first-order valence-corrected chi connectivity index (χ1v) is 8.89. The molecule has 0 amide bonds. The van der Waals surface area contributed by atoms with E-state index in [-0.39, 0.29) is 0 Å². The first-order chi connectivity index (χ1) is 13.1. The van der Waals surface area contributed by atoms with Crippen molar-refractivity contribution >= 4 is 11.9 Å². The number of carbonyl (C=O) groups is 2. The van der Waals surface area contributed by atoms with Crippen LogP contribution in [0.25, 0.3) is 0 Å². The quantitative estimate of drug-likeness (QED) is 0.634. The number of aliphatic carboxylic acids is 2. The van der Waals surface area contributed by atoms with Gasteiger partial charge in [0.15, 0.2) is 0 Å². The molecule has 156 valence electrons. The molecule has 1 heterocycles. The van der Waals surface area contributed by atoms with Crippen LogP contribution in [0.3, 0.4) is 0 Å². The Balaban J connectivity index is 0.000000416. The highest BCUT2D eigenvalue weighted by Crippen LogP contribution is 2.32. The molecule has 1 aromatic carbocycles. The maximum atomic E-state index is 13.0. The van der Waals surface area contributed by atoms with Crippen molar-refractivity contribution in [1.29, 1.82) is 0 Å². The van der Waals surface area contributed by atoms with Gasteiger partial charge in [0.05, 0.1) is 5.56 Å². The summed E-state index contributed by atoms with van der Waals surface area (Å²) >= 11 is 0. The van der Waals surface area contributed by atoms with Crippen LogP contribution in [0.5, 0.6) is 0 Å². The van der Waals surface area contributed by atoms with Crippen molar-refractivity contribution in [2.24, 2.45) is 0 Å². The molecule has 1 aliphatic rings. The molecule has 0 unspecified atom stereocenters. The van der Waals surface area contributed by atoms with E-state index in [4.69, 9.17) is 10.2 Å². The molecule has 0 aliphatic carbocycles. The Morgan fingerprint density at radius 2 is 1.68 bits per heavy atom. The topological polar surface area (TPSA) is 89.9 Å². The second-order valence-corrected chi connectivity index (χ2v) is 6.21. The highest BCUT2D eigenvalue weighted by atomic mass is 19.4. The van der Waals surface area contributed by atoms with Crippen LogP contribution in [0.4, 0.5) is 13.2 Å². The van der Waals surface area contributed by atoms with Gasteiger partial charge in [0, 0.05) is 24.7 Å². The lowest BCUT2D eigenvalue weighted by Crippen LogP contribution is -2.42. The third-order valence-corrected chi connectivity index (χ3v) is 4.30. The lowest BCUT2D eigenvalue weighted by Gasteiger charge is -2.34. The Morgan fingerprint density at radius 1 is 1.14 bits per heavy atom. The van der Waals surface area contributed by atoms with Crippen molar-refractivity contribution in [3.05, 3.63) is 47.5 Å². The second kappa shape index (κ2) is 11.5. The number of benzene rings is 1. The van der Waals surface area contributed by atoms with Crippen LogP contribution in [-0.4, -0.2) is 52.7 Å². The number of piperidine rings is 1. The molecule has 0 atom stereocenters. The molecule has 0 saturated carbocycles. The predicted molar refractivity (Wildman–Crippen MR) is 97.8 cm³/mol. The van der Waals surface area contributed by atoms with Crippen molar-refractivity contribution in [3.63, 3.8) is 0 Å². The number of carboxylic acids is 2. The molecule has 3 N–H and O–H groups in total. The zero-order valence-electron chi connectivity index (χ0n) is 15.6. The van der Waals surface area contributed by atoms with Crippen LogP contribution in [0.15, 0.2) is 36.4 Å². The predicted octanol–water partition coefficient (Wildman–Crippen LogP) is 2.99. The zero-order valence-corrected chi connectivity index (χ0v) is 15.6. The van der Waals surface area contributed by atoms with Gasteiger partial charge in [0.1, 0.15) is 0 Å². The van der Waals surface area contributed by atoms with Crippen LogP contribution in [0.2, 0.25) is 0 Å². The van der Waals surface area contributed by atoms with Gasteiger partial charge < -0.3 is 15.5 Å². The fourth-order valence-electron chi connectivity index (χ4n) is 2.97. The smallest absolute Gasteiger partial charge is 0.416 e. The maximum Gasteiger partial charge on any atom is 0.416 e. The third kappa shape index (κ3) is 8.53. The first-order valence-electron chi connectivity index (χ1n) is 8.89. The molecule has 6 nitrogen and oxygen atoms in total. The van der Waals surface area contributed by atoms with Crippen LogP contribution in [0, 0.1) is 0 Å². The number of nitrogens with one attached hydrogen (secondary N) is 1. The Labute approximate surface area is 161 Å². The Morgan fingerprint density at radius 3 is 2.14 bits per heavy atom. The van der Waals surface area contributed by atoms with E-state index in [1.165, 1.54) is 12.1 Å². The number of carboxylic acid groups (broad SMARTS) is 2. The maximum absolute atomic E-state index is 13.0. The summed E-state index contributed by atoms with van der Waals surface area (Å²) in [5.74, 6) is -2.51. The number of hydrogen-bond donors (Lipinski definition) is 3. The van der Waals surface area contributed by atoms with E-state index in [9.17, 15) is 22.8 Å². The standard InChI is InChI=1S/C15H21F3N2.C4H4O4/c1-2-20(13-7-9-19-10-8-13)11-12-5-3-4-6-14(12)15(16,17)18;5-3(6)1-2-4(7)8/h3-6,13,19H,2,7-11H2,1H3;1-2H,(H,5,6)(H,7,8). The van der Waals surface area contributed by atoms with E-state index in [0.717, 1.165) is 32.5 Å². The van der Waals surface area contributed by atoms with Crippen molar-refractivity contribution in [2.75, 3.05) is 19.6 Å². The normalized spacial score (nSPS) is 15.3. The fourth-order valence-corrected chi connectivity index (χ4v) is 2.97. The van der Waals surface area contributed by atoms with Crippen LogP contribution in [-0.2, 0) is 22.3 Å². The molecular weight excluding hydrogens is 377 g/mol. The SMILES string of the molecule is CCN(Cc1ccccc1C(F)(F)F)C1CCNCC1.O=C(O)C=CC(=O)O. The summed E-state index contributed by atoms with van der Waals surface area (Å²) < 4.78 is 39.0. The van der Waals surface area contributed by atoms with E-state index in [1.807, 2.05) is 6.92 Å². The van der Waals surface area contributed by atoms with Crippen LogP contribution >= 0.6 is 0 Å². The van der Waals surface area contributed by atoms with Crippen molar-refractivity contribution < 1.29 is 33.0 Å². The molecule has 0 radical (unpaired) electrons. The molecule has 9 heteroatoms. The van der Waals surface area contributed by atoms with E-state index >= 15 is 0 Å². The summed E-state index contributed by atoms with van der Waals surface area (Å²) in [6.07, 6.45) is -1.15. The van der Waals surface area contributed by atoms with Crippen molar-refractivity contribution in [1.82, 2.24) is 10.2 Å². The second-order valence-electron chi connectivity index (χ2n) is 6.21. The molecule has 1 fully saturated rings. The van der Waals surface area contributed by atoms with Gasteiger partial charge in [-0.05, 0) is 44.1 Å². The minimum Gasteiger partial charge on any atom is -0.478 e. The van der Waals surface area contributed by atoms with E-state index in [1.54, 1.807) is 12.1 Å². The largest absolute Gasteiger partial charge is 0.478 e. The van der Waals surface area contributed by atoms with Gasteiger partial charge in [0.2, 0.25) is 0 Å². The molecule has 0 aromatic heterocycles. The summed E-state index contributed by atoms with van der Waals surface area (Å²) in [7, 11) is 0. The minimum atomic E-state index is -4.27. The van der Waals surface area contributed by atoms with Crippen LogP contribution in [0.1, 0.15) is 30.9 Å². The van der Waals surface area contributed by atoms with E-state index in [0.29, 0.717) is 30.3 Å². The fraction of sp³-hybridized carbons (Fsp3) is 0.474. The van der Waals surface area contributed by atoms with Gasteiger partial charge in [-0.2, -0.15) is 13.2 Å². The molecular formula is C19H25F3N2O4. The number of hydrogen-bond acceptors (Lipinski definition) is 4. The van der Waals surface area contributed by atoms with Crippen molar-refractivity contribution in [3.8, 4) is 0 Å². The van der Waals surface area contributed by atoms with E-state index < -0.39 is 23.7 Å². The van der Waals surface area contributed by atoms with Gasteiger partial charge in [-0.15, -0.1) is 0 Å². The molecule has 1 saturated heterocycles. The van der Waals surface area contributed by atoms with Gasteiger partial charge in [0.25, 0.3) is 0 Å². The number of nitrogens with zero attached hydrogens (tertiary/aromatic N) is 1. The summed E-state index contributed by atoms with van der Waals surface area (Å²) in [6, 6.07) is 6.27. The van der Waals surface area contributed by atoms with Crippen molar-refractivity contribution in [2.45, 2.75) is 38.5 Å². The molecule has 0 spiro atoms. The summed E-state index contributed by atoms with van der Waals surface area (Å²) in [5.41, 5.74) is -0.132. The Bertz CT molecular complexity index is 655. The molecule has 1 aliphatic heterocycles. The average Bonchev–Trinajstić information content (AvgIpc) is 2.65. The van der Waals surface area contributed by atoms with Gasteiger partial charge in [-0.3, -0.25) is 4.90 Å². The highest BCUT2D eigenvalue weighted by molar-refractivity contribution is 5.89. The number of alkyl halides is 3. The molecule has 1 aromatic rings. The lowest BCUT2D eigenvalue weighted by atomic mass is 10.0. The number of halogens is 3. The number of rotatable bonds is 6. The minimum absolute atomic E-state index is 0.372. The third-order valence-electron chi connectivity index (χ3n) is 4.30. The monoisotopic (exact) mass is 402 g/mol. The summed E-state index contributed by atoms with van der Waals surface area (Å²) in [6.45, 7) is 5.05. The van der Waals surface area contributed by atoms with E-state index in [2.05, 4.69) is 10.2 Å². The van der Waals surface area contributed by atoms with Gasteiger partial charge in [-0.1, -0.05) is 25.1 Å². The van der Waals surface area contributed by atoms with Gasteiger partial charge >= 0.3 is 18.1 Å². The summed E-state index contributed by atoms with van der Waals surface area (Å²) in [4.78, 5) is 21.3. The highest BCUT2D eigenvalue weighted by Gasteiger charge is 2.33. The Kier molecular flexibility index (Phi) is 9.67. The Hall–Kier alpha value is -2.39. The van der Waals surface area contributed by atoms with Gasteiger partial charge in [-0.25, -0.2) is 9.59 Å². The lowest BCUT2D eigenvalue weighted by molar-refractivity contribution is -0.138. The van der Waals surface area contributed by atoms with Crippen LogP contribution < -0.4 is 5.32 Å². The molecule has 28 heavy (non-hydrogen) atoms. The molecule has 0 bridgehead atoms. The molecule has 2 rings (SSSR count). The first kappa shape index (κ1) is 23.6. The average molecular weight is 402 g/mol. The zero-order chi connectivity index (χ0) is 21.2. The summed E-state index contributed by atoms with van der Waals surface area (Å²) in [5, 5.41) is 18.9.